The lowest BCUT2D eigenvalue weighted by Gasteiger charge is -2.12. The number of benzene rings is 2. The van der Waals surface area contributed by atoms with Gasteiger partial charge < -0.3 is 10.4 Å². The number of fused-ring (bicyclic) bond motifs is 1. The summed E-state index contributed by atoms with van der Waals surface area (Å²) in [5.74, 6) is -1.07. The van der Waals surface area contributed by atoms with Crippen LogP contribution in [0.2, 0.25) is 10.0 Å². The molecule has 0 saturated carbocycles. The van der Waals surface area contributed by atoms with Gasteiger partial charge in [-0.1, -0.05) is 59.2 Å². The summed E-state index contributed by atoms with van der Waals surface area (Å²) >= 11 is 14.8. The largest absolute Gasteiger partial charge is 0.478 e. The maximum Gasteiger partial charge on any atom is 0.337 e. The van der Waals surface area contributed by atoms with Crippen molar-refractivity contribution in [1.29, 1.82) is 0 Å². The lowest BCUT2D eigenvalue weighted by molar-refractivity contribution is -0.113. The van der Waals surface area contributed by atoms with E-state index in [0.29, 0.717) is 10.9 Å². The van der Waals surface area contributed by atoms with Gasteiger partial charge in [-0.05, 0) is 29.6 Å². The van der Waals surface area contributed by atoms with Crippen LogP contribution in [0.25, 0.3) is 21.6 Å². The van der Waals surface area contributed by atoms with E-state index in [1.165, 1.54) is 35.2 Å². The molecule has 4 aromatic rings. The second-order valence-electron chi connectivity index (χ2n) is 6.30. The van der Waals surface area contributed by atoms with Gasteiger partial charge in [-0.3, -0.25) is 4.79 Å². The zero-order chi connectivity index (χ0) is 22.0. The number of aromatic nitrogens is 2. The van der Waals surface area contributed by atoms with Gasteiger partial charge in [-0.25, -0.2) is 14.8 Å². The summed E-state index contributed by atoms with van der Waals surface area (Å²) in [6.07, 6.45) is 0. The molecule has 4 rings (SSSR count). The number of carbonyl (C=O) groups excluding carboxylic acids is 1. The van der Waals surface area contributed by atoms with E-state index in [0.717, 1.165) is 15.8 Å². The highest BCUT2D eigenvalue weighted by Crippen LogP contribution is 2.32. The van der Waals surface area contributed by atoms with Crippen LogP contribution in [-0.4, -0.2) is 32.7 Å². The number of nitrogens with one attached hydrogen (secondary N) is 1. The van der Waals surface area contributed by atoms with Crippen molar-refractivity contribution in [2.45, 2.75) is 5.03 Å². The molecular weight excluding hydrogens is 477 g/mol. The summed E-state index contributed by atoms with van der Waals surface area (Å²) in [6, 6.07) is 14.0. The van der Waals surface area contributed by atoms with Crippen molar-refractivity contribution in [1.82, 2.24) is 9.97 Å². The Labute approximate surface area is 195 Å². The highest BCUT2D eigenvalue weighted by atomic mass is 35.5. The standard InChI is InChI=1S/C21H13Cl2N3O3S2/c22-11-8-13(21(28)29)18(14(23)9-11)25-17(27)10-31-20-12-4-1-2-5-15(12)24-19(26-20)16-6-3-7-30-16/h1-9H,10H2,(H,25,27)(H,28,29). The lowest BCUT2D eigenvalue weighted by atomic mass is 10.1. The Kier molecular flexibility index (Phi) is 6.43. The van der Waals surface area contributed by atoms with Gasteiger partial charge in [-0.2, -0.15) is 0 Å². The molecule has 156 valence electrons. The van der Waals surface area contributed by atoms with Crippen LogP contribution < -0.4 is 5.32 Å². The predicted octanol–water partition coefficient (Wildman–Crippen LogP) is 6.09. The third-order valence-corrected chi connectivity index (χ3v) is 6.57. The molecule has 0 radical (unpaired) electrons. The summed E-state index contributed by atoms with van der Waals surface area (Å²) in [5.41, 5.74) is 0.608. The van der Waals surface area contributed by atoms with E-state index >= 15 is 0 Å². The van der Waals surface area contributed by atoms with Crippen LogP contribution >= 0.6 is 46.3 Å². The number of hydrogen-bond donors (Lipinski definition) is 2. The number of para-hydroxylation sites is 1. The van der Waals surface area contributed by atoms with Crippen LogP contribution in [0.15, 0.2) is 58.9 Å². The fraction of sp³-hybridized carbons (Fsp3) is 0.0476. The number of amides is 1. The average Bonchev–Trinajstić information content (AvgIpc) is 3.28. The first kappa shape index (κ1) is 21.6. The maximum absolute atomic E-state index is 12.6. The number of nitrogens with zero attached hydrogens (tertiary/aromatic N) is 2. The van der Waals surface area contributed by atoms with Crippen molar-refractivity contribution in [3.63, 3.8) is 0 Å². The van der Waals surface area contributed by atoms with Gasteiger partial charge in [0.2, 0.25) is 5.91 Å². The van der Waals surface area contributed by atoms with E-state index in [2.05, 4.69) is 15.3 Å². The minimum atomic E-state index is -1.24. The van der Waals surface area contributed by atoms with E-state index in [9.17, 15) is 14.7 Å². The van der Waals surface area contributed by atoms with E-state index in [-0.39, 0.29) is 27.0 Å². The van der Waals surface area contributed by atoms with Crippen LogP contribution in [0.1, 0.15) is 10.4 Å². The third kappa shape index (κ3) is 4.83. The number of carboxylic acid groups (broad SMARTS) is 1. The summed E-state index contributed by atoms with van der Waals surface area (Å²) in [5, 5.41) is 15.6. The summed E-state index contributed by atoms with van der Waals surface area (Å²) < 4.78 is 0. The number of thiophene rings is 1. The lowest BCUT2D eigenvalue weighted by Crippen LogP contribution is -2.17. The molecule has 0 unspecified atom stereocenters. The number of carboxylic acids is 1. The van der Waals surface area contributed by atoms with Gasteiger partial charge in [0.15, 0.2) is 5.82 Å². The number of carbonyl (C=O) groups is 2. The number of hydrogen-bond acceptors (Lipinski definition) is 6. The molecule has 31 heavy (non-hydrogen) atoms. The first-order chi connectivity index (χ1) is 14.9. The van der Waals surface area contributed by atoms with Crippen molar-refractivity contribution in [2.24, 2.45) is 0 Å². The molecule has 0 aliphatic rings. The quantitative estimate of drug-likeness (QED) is 0.251. The third-order valence-electron chi connectivity index (χ3n) is 4.20. The van der Waals surface area contributed by atoms with Crippen molar-refractivity contribution in [2.75, 3.05) is 11.1 Å². The van der Waals surface area contributed by atoms with Gasteiger partial charge in [0.25, 0.3) is 0 Å². The highest BCUT2D eigenvalue weighted by Gasteiger charge is 2.18. The number of aromatic carboxylic acids is 1. The number of halogens is 2. The Morgan fingerprint density at radius 3 is 2.65 bits per heavy atom. The summed E-state index contributed by atoms with van der Waals surface area (Å²) in [4.78, 5) is 34.3. The molecule has 2 aromatic carbocycles. The van der Waals surface area contributed by atoms with Gasteiger partial charge in [0.1, 0.15) is 5.03 Å². The van der Waals surface area contributed by atoms with E-state index in [4.69, 9.17) is 23.2 Å². The van der Waals surface area contributed by atoms with E-state index in [1.807, 2.05) is 41.8 Å². The van der Waals surface area contributed by atoms with Crippen LogP contribution in [-0.2, 0) is 4.79 Å². The second-order valence-corrected chi connectivity index (χ2v) is 9.05. The van der Waals surface area contributed by atoms with Gasteiger partial charge in [0, 0.05) is 10.4 Å². The monoisotopic (exact) mass is 489 g/mol. The molecule has 0 fully saturated rings. The van der Waals surface area contributed by atoms with Gasteiger partial charge in [0.05, 0.1) is 32.4 Å². The number of anilines is 1. The van der Waals surface area contributed by atoms with Crippen LogP contribution in [0.5, 0.6) is 0 Å². The van der Waals surface area contributed by atoms with Crippen molar-refractivity contribution in [3.8, 4) is 10.7 Å². The Bertz CT molecular complexity index is 1300. The Morgan fingerprint density at radius 1 is 1.10 bits per heavy atom. The van der Waals surface area contributed by atoms with Crippen molar-refractivity contribution in [3.05, 3.63) is 69.5 Å². The minimum Gasteiger partial charge on any atom is -0.478 e. The molecule has 0 spiro atoms. The van der Waals surface area contributed by atoms with E-state index in [1.54, 1.807) is 0 Å². The Balaban J connectivity index is 1.59. The number of rotatable bonds is 6. The Morgan fingerprint density at radius 2 is 1.90 bits per heavy atom. The molecule has 0 aliphatic heterocycles. The molecule has 1 amide bonds. The fourth-order valence-corrected chi connectivity index (χ4v) is 4.87. The number of thioether (sulfide) groups is 1. The van der Waals surface area contributed by atoms with Crippen molar-refractivity contribution < 1.29 is 14.7 Å². The smallest absolute Gasteiger partial charge is 0.337 e. The molecule has 2 heterocycles. The Hall–Kier alpha value is -2.65. The summed E-state index contributed by atoms with van der Waals surface area (Å²) in [6.45, 7) is 0. The molecule has 0 aliphatic carbocycles. The average molecular weight is 490 g/mol. The van der Waals surface area contributed by atoms with Gasteiger partial charge >= 0.3 is 5.97 Å². The molecule has 0 atom stereocenters. The first-order valence-electron chi connectivity index (χ1n) is 8.88. The maximum atomic E-state index is 12.6. The molecule has 0 bridgehead atoms. The molecule has 0 saturated heterocycles. The topological polar surface area (TPSA) is 92.2 Å². The fourth-order valence-electron chi connectivity index (χ4n) is 2.85. The van der Waals surface area contributed by atoms with Crippen molar-refractivity contribution >= 4 is 74.8 Å². The van der Waals surface area contributed by atoms with Crippen LogP contribution in [0.4, 0.5) is 5.69 Å². The molecule has 6 nitrogen and oxygen atoms in total. The minimum absolute atomic E-state index is 0.00288. The molecular formula is C21H13Cl2N3O3S2. The van der Waals surface area contributed by atoms with Crippen LogP contribution in [0.3, 0.4) is 0 Å². The summed E-state index contributed by atoms with van der Waals surface area (Å²) in [7, 11) is 0. The van der Waals surface area contributed by atoms with E-state index < -0.39 is 11.9 Å². The predicted molar refractivity (Wildman–Crippen MR) is 126 cm³/mol. The molecule has 10 heteroatoms. The first-order valence-corrected chi connectivity index (χ1v) is 11.5. The highest BCUT2D eigenvalue weighted by molar-refractivity contribution is 8.00. The normalized spacial score (nSPS) is 10.9. The molecule has 2 N–H and O–H groups in total. The second kappa shape index (κ2) is 9.23. The van der Waals surface area contributed by atoms with Gasteiger partial charge in [-0.15, -0.1) is 11.3 Å². The zero-order valence-electron chi connectivity index (χ0n) is 15.6. The zero-order valence-corrected chi connectivity index (χ0v) is 18.8. The molecule has 2 aromatic heterocycles. The van der Waals surface area contributed by atoms with Crippen LogP contribution in [0, 0.1) is 0 Å². The SMILES string of the molecule is O=C(CSc1nc(-c2cccs2)nc2ccccc12)Nc1c(Cl)cc(Cl)cc1C(=O)O.